The maximum Gasteiger partial charge on any atom is 0.228 e. The van der Waals surface area contributed by atoms with E-state index in [0.717, 1.165) is 48.3 Å². The Labute approximate surface area is 234 Å². The van der Waals surface area contributed by atoms with Crippen LogP contribution in [0, 0.1) is 5.82 Å². The number of anilines is 2. The summed E-state index contributed by atoms with van der Waals surface area (Å²) in [6, 6.07) is 13.0. The lowest BCUT2D eigenvalue weighted by Gasteiger charge is -2.27. The number of amides is 1. The zero-order valence-electron chi connectivity index (χ0n) is 22.1. The lowest BCUT2D eigenvalue weighted by atomic mass is 10.1. The smallest absolute Gasteiger partial charge is 0.228 e. The molecule has 3 N–H and O–H groups in total. The van der Waals surface area contributed by atoms with E-state index in [1.807, 2.05) is 36.4 Å². The van der Waals surface area contributed by atoms with Crippen LogP contribution in [0.25, 0.3) is 44.7 Å². The molecule has 1 aromatic carbocycles. The molecule has 7 rings (SSSR count). The van der Waals surface area contributed by atoms with E-state index in [4.69, 9.17) is 4.98 Å². The quantitative estimate of drug-likeness (QED) is 0.259. The second-order valence-corrected chi connectivity index (χ2v) is 10.1. The van der Waals surface area contributed by atoms with E-state index in [2.05, 4.69) is 40.3 Å². The van der Waals surface area contributed by atoms with Crippen LogP contribution in [0.1, 0.15) is 24.8 Å². The van der Waals surface area contributed by atoms with Crippen molar-refractivity contribution in [2.24, 2.45) is 0 Å². The van der Waals surface area contributed by atoms with Crippen molar-refractivity contribution in [3.63, 3.8) is 0 Å². The molecule has 0 aliphatic carbocycles. The lowest BCUT2D eigenvalue weighted by molar-refractivity contribution is -0.115. The number of carbonyl (C=O) groups is 1. The molecule has 1 amide bonds. The number of nitrogens with one attached hydrogen (secondary N) is 3. The topological polar surface area (TPSA) is 128 Å². The number of rotatable bonds is 6. The SMILES string of the molecule is O=C(Cc1ccccc1)Nc1cncc(-c2ncc3[nH]nc(-c4nc5c(N6CCCCC6)nccc5[nH]4)c3c2F)c1. The molecule has 1 fully saturated rings. The summed E-state index contributed by atoms with van der Waals surface area (Å²) in [4.78, 5) is 36.1. The third kappa shape index (κ3) is 4.75. The molecule has 1 aliphatic rings. The van der Waals surface area contributed by atoms with Crippen LogP contribution >= 0.6 is 0 Å². The maximum atomic E-state index is 16.1. The number of hydrogen-bond donors (Lipinski definition) is 3. The van der Waals surface area contributed by atoms with Gasteiger partial charge in [-0.15, -0.1) is 0 Å². The number of H-pyrrole nitrogens is 2. The summed E-state index contributed by atoms with van der Waals surface area (Å²) in [6.45, 7) is 1.87. The standard InChI is InChI=1S/C30H26FN9O/c31-25-24-22(17-34-26(25)19-14-20(16-32-15-19)35-23(41)13-18-7-3-1-4-8-18)38-39-28(24)29-36-21-9-10-33-30(27(21)37-29)40-11-5-2-6-12-40/h1,3-4,7-10,14-17H,2,5-6,11-13H2,(H,35,41)(H,36,37)(H,38,39). The van der Waals surface area contributed by atoms with Crippen molar-refractivity contribution in [2.75, 3.05) is 23.3 Å². The molecule has 0 unspecified atom stereocenters. The number of pyridine rings is 3. The van der Waals surface area contributed by atoms with Gasteiger partial charge in [-0.05, 0) is 37.0 Å². The Hall–Kier alpha value is -5.19. The van der Waals surface area contributed by atoms with Crippen LogP contribution in [0.2, 0.25) is 0 Å². The van der Waals surface area contributed by atoms with Gasteiger partial charge in [-0.1, -0.05) is 30.3 Å². The van der Waals surface area contributed by atoms with Crippen molar-refractivity contribution in [1.82, 2.24) is 35.1 Å². The van der Waals surface area contributed by atoms with E-state index in [1.54, 1.807) is 12.3 Å². The minimum atomic E-state index is -0.560. The highest BCUT2D eigenvalue weighted by Gasteiger charge is 2.23. The van der Waals surface area contributed by atoms with Gasteiger partial charge in [0.25, 0.3) is 0 Å². The molecule has 6 heterocycles. The van der Waals surface area contributed by atoms with Crippen molar-refractivity contribution < 1.29 is 9.18 Å². The summed E-state index contributed by atoms with van der Waals surface area (Å²) < 4.78 is 16.1. The number of hydrogen-bond acceptors (Lipinski definition) is 7. The first kappa shape index (κ1) is 24.8. The molecular formula is C30H26FN9O. The third-order valence-corrected chi connectivity index (χ3v) is 7.31. The van der Waals surface area contributed by atoms with Crippen LogP contribution in [-0.4, -0.2) is 54.1 Å². The molecule has 0 radical (unpaired) electrons. The average Bonchev–Trinajstić information content (AvgIpc) is 3.63. The summed E-state index contributed by atoms with van der Waals surface area (Å²) in [7, 11) is 0. The molecule has 0 bridgehead atoms. The van der Waals surface area contributed by atoms with Gasteiger partial charge in [0.1, 0.15) is 16.9 Å². The van der Waals surface area contributed by atoms with Gasteiger partial charge in [0.05, 0.1) is 40.9 Å². The summed E-state index contributed by atoms with van der Waals surface area (Å²) in [5.41, 5.74) is 4.20. The van der Waals surface area contributed by atoms with E-state index in [1.165, 1.54) is 25.0 Å². The first-order valence-electron chi connectivity index (χ1n) is 13.6. The predicted octanol–water partition coefficient (Wildman–Crippen LogP) is 5.27. The Morgan fingerprint density at radius 1 is 0.976 bits per heavy atom. The van der Waals surface area contributed by atoms with Gasteiger partial charge >= 0.3 is 0 Å². The molecule has 11 heteroatoms. The molecule has 0 spiro atoms. The molecule has 1 saturated heterocycles. The number of nitrogens with zero attached hydrogens (tertiary/aromatic N) is 6. The van der Waals surface area contributed by atoms with E-state index in [9.17, 15) is 4.79 Å². The molecule has 5 aromatic heterocycles. The van der Waals surface area contributed by atoms with Crippen molar-refractivity contribution >= 4 is 39.3 Å². The molecule has 6 aromatic rings. The third-order valence-electron chi connectivity index (χ3n) is 7.31. The fourth-order valence-electron chi connectivity index (χ4n) is 5.34. The Morgan fingerprint density at radius 2 is 1.83 bits per heavy atom. The number of imidazole rings is 1. The molecule has 204 valence electrons. The van der Waals surface area contributed by atoms with Gasteiger partial charge in [-0.2, -0.15) is 5.10 Å². The monoisotopic (exact) mass is 547 g/mol. The first-order chi connectivity index (χ1) is 20.1. The summed E-state index contributed by atoms with van der Waals surface area (Å²) >= 11 is 0. The Bertz CT molecular complexity index is 1880. The fourth-order valence-corrected chi connectivity index (χ4v) is 5.34. The summed E-state index contributed by atoms with van der Waals surface area (Å²) in [6.07, 6.45) is 10.0. The highest BCUT2D eigenvalue weighted by molar-refractivity contribution is 5.97. The van der Waals surface area contributed by atoms with Gasteiger partial charge in [-0.3, -0.25) is 19.9 Å². The average molecular weight is 548 g/mol. The molecule has 41 heavy (non-hydrogen) atoms. The largest absolute Gasteiger partial charge is 0.355 e. The Morgan fingerprint density at radius 3 is 2.68 bits per heavy atom. The van der Waals surface area contributed by atoms with Gasteiger partial charge in [0.2, 0.25) is 5.91 Å². The zero-order valence-corrected chi connectivity index (χ0v) is 22.1. The van der Waals surface area contributed by atoms with Crippen molar-refractivity contribution in [2.45, 2.75) is 25.7 Å². The zero-order chi connectivity index (χ0) is 27.8. The van der Waals surface area contributed by atoms with E-state index >= 15 is 4.39 Å². The van der Waals surface area contributed by atoms with E-state index in [0.29, 0.717) is 28.3 Å². The summed E-state index contributed by atoms with van der Waals surface area (Å²) in [5, 5.41) is 10.4. The number of aromatic amines is 2. The maximum absolute atomic E-state index is 16.1. The normalized spacial score (nSPS) is 13.6. The Kier molecular flexibility index (Phi) is 6.31. The molecule has 1 aliphatic heterocycles. The van der Waals surface area contributed by atoms with E-state index < -0.39 is 5.82 Å². The molecule has 0 saturated carbocycles. The van der Waals surface area contributed by atoms with Crippen LogP contribution in [-0.2, 0) is 11.2 Å². The first-order valence-corrected chi connectivity index (χ1v) is 13.6. The van der Waals surface area contributed by atoms with Crippen LogP contribution in [0.5, 0.6) is 0 Å². The van der Waals surface area contributed by atoms with Crippen LogP contribution in [0.4, 0.5) is 15.9 Å². The lowest BCUT2D eigenvalue weighted by Crippen LogP contribution is -2.30. The number of benzene rings is 1. The van der Waals surface area contributed by atoms with E-state index in [-0.39, 0.29) is 23.4 Å². The van der Waals surface area contributed by atoms with Crippen molar-refractivity contribution in [3.05, 3.63) is 78.6 Å². The van der Waals surface area contributed by atoms with Crippen molar-refractivity contribution in [1.29, 1.82) is 0 Å². The van der Waals surface area contributed by atoms with Gasteiger partial charge in [0, 0.05) is 31.0 Å². The van der Waals surface area contributed by atoms with Crippen molar-refractivity contribution in [3.8, 4) is 22.8 Å². The minimum Gasteiger partial charge on any atom is -0.355 e. The van der Waals surface area contributed by atoms with Gasteiger partial charge < -0.3 is 15.2 Å². The fraction of sp³-hybridized carbons (Fsp3) is 0.200. The predicted molar refractivity (Wildman–Crippen MR) is 155 cm³/mol. The Balaban J connectivity index is 1.22. The van der Waals surface area contributed by atoms with Gasteiger partial charge in [-0.25, -0.2) is 14.4 Å². The molecular weight excluding hydrogens is 521 g/mol. The van der Waals surface area contributed by atoms with Crippen LogP contribution in [0.15, 0.2) is 67.3 Å². The molecule has 0 atom stereocenters. The molecule has 10 nitrogen and oxygen atoms in total. The highest BCUT2D eigenvalue weighted by Crippen LogP contribution is 2.34. The highest BCUT2D eigenvalue weighted by atomic mass is 19.1. The second-order valence-electron chi connectivity index (χ2n) is 10.1. The minimum absolute atomic E-state index is 0.0959. The van der Waals surface area contributed by atoms with Crippen LogP contribution < -0.4 is 10.2 Å². The van der Waals surface area contributed by atoms with Gasteiger partial charge in [0.15, 0.2) is 17.5 Å². The number of halogens is 1. The number of carbonyl (C=O) groups excluding carboxylic acids is 1. The number of aromatic nitrogens is 7. The van der Waals surface area contributed by atoms with Crippen LogP contribution in [0.3, 0.4) is 0 Å². The number of piperidine rings is 1. The second kappa shape index (κ2) is 10.4. The summed E-state index contributed by atoms with van der Waals surface area (Å²) in [5.74, 6) is 0.508. The number of fused-ring (bicyclic) bond motifs is 2.